The second-order valence-corrected chi connectivity index (χ2v) is 3.84. The van der Waals surface area contributed by atoms with Crippen LogP contribution < -0.4 is 10.5 Å². The van der Waals surface area contributed by atoms with Crippen LogP contribution in [0.5, 0.6) is 5.75 Å². The van der Waals surface area contributed by atoms with E-state index in [1.807, 2.05) is 12.1 Å². The minimum absolute atomic E-state index is 0.0384. The van der Waals surface area contributed by atoms with Gasteiger partial charge in [-0.15, -0.1) is 0 Å². The zero-order chi connectivity index (χ0) is 10.6. The molecule has 1 aromatic carbocycles. The lowest BCUT2D eigenvalue weighted by Gasteiger charge is -2.10. The number of hydrogen-bond donors (Lipinski definition) is 2. The van der Waals surface area contributed by atoms with E-state index < -0.39 is 0 Å². The molecule has 5 heteroatoms. The van der Waals surface area contributed by atoms with Gasteiger partial charge in [-0.05, 0) is 28.1 Å². The van der Waals surface area contributed by atoms with Crippen LogP contribution in [0.1, 0.15) is 5.56 Å². The van der Waals surface area contributed by atoms with Crippen molar-refractivity contribution in [3.8, 4) is 5.75 Å². The number of nitrogens with two attached hydrogens (primary N) is 1. The summed E-state index contributed by atoms with van der Waals surface area (Å²) in [6, 6.07) is 5.41. The molecular weight excluding hydrogens is 266 g/mol. The van der Waals surface area contributed by atoms with Gasteiger partial charge in [0.1, 0.15) is 17.3 Å². The number of aliphatic hydroxyl groups is 1. The number of rotatable bonds is 4. The van der Waals surface area contributed by atoms with E-state index in [1.165, 1.54) is 0 Å². The monoisotopic (exact) mass is 275 g/mol. The van der Waals surface area contributed by atoms with Gasteiger partial charge >= 0.3 is 0 Å². The molecule has 0 bridgehead atoms. The van der Waals surface area contributed by atoms with Crippen molar-refractivity contribution in [2.75, 3.05) is 13.2 Å². The topological polar surface area (TPSA) is 55.5 Å². The minimum atomic E-state index is -0.0384. The van der Waals surface area contributed by atoms with Gasteiger partial charge in [0.15, 0.2) is 0 Å². The highest BCUT2D eigenvalue weighted by Gasteiger charge is 2.09. The molecule has 0 fully saturated rings. The first kappa shape index (κ1) is 11.4. The highest BCUT2D eigenvalue weighted by atomic mass is 79.9. The first-order chi connectivity index (χ1) is 6.66. The number of aliphatic hydroxyl groups excluding tert-OH is 1. The third kappa shape index (κ3) is 2.67. The van der Waals surface area contributed by atoms with Gasteiger partial charge in [0.05, 0.1) is 12.2 Å². The fourth-order valence-corrected chi connectivity index (χ4v) is 1.92. The number of thiocarbonyl (C=S) groups is 1. The first-order valence-electron chi connectivity index (χ1n) is 3.98. The van der Waals surface area contributed by atoms with Crippen molar-refractivity contribution in [3.05, 3.63) is 28.2 Å². The van der Waals surface area contributed by atoms with Crippen LogP contribution in [0.3, 0.4) is 0 Å². The van der Waals surface area contributed by atoms with Crippen LogP contribution in [-0.2, 0) is 0 Å². The molecule has 1 aromatic rings. The summed E-state index contributed by atoms with van der Waals surface area (Å²) < 4.78 is 6.07. The smallest absolute Gasteiger partial charge is 0.130 e. The lowest BCUT2D eigenvalue weighted by Crippen LogP contribution is -2.13. The van der Waals surface area contributed by atoms with Crippen molar-refractivity contribution in [2.45, 2.75) is 0 Å². The molecule has 1 rings (SSSR count). The standard InChI is InChI=1S/C9H10BrNO2S/c10-6-2-1-3-7(13-5-4-12)8(6)9(11)14/h1-3,12H,4-5H2,(H2,11,14). The zero-order valence-corrected chi connectivity index (χ0v) is 9.77. The quantitative estimate of drug-likeness (QED) is 0.817. The normalized spacial score (nSPS) is 9.86. The van der Waals surface area contributed by atoms with E-state index in [2.05, 4.69) is 15.9 Å². The molecule has 0 aliphatic rings. The average Bonchev–Trinajstić information content (AvgIpc) is 2.14. The molecular formula is C9H10BrNO2S. The Bertz CT molecular complexity index is 344. The molecule has 76 valence electrons. The van der Waals surface area contributed by atoms with Crippen LogP contribution in [0, 0.1) is 0 Å². The summed E-state index contributed by atoms with van der Waals surface area (Å²) in [5, 5.41) is 8.63. The summed E-state index contributed by atoms with van der Waals surface area (Å²) in [4.78, 5) is 0.269. The molecule has 0 atom stereocenters. The summed E-state index contributed by atoms with van der Waals surface area (Å²) in [6.45, 7) is 0.190. The predicted octanol–water partition coefficient (Wildman–Crippen LogP) is 1.45. The minimum Gasteiger partial charge on any atom is -0.490 e. The van der Waals surface area contributed by atoms with E-state index in [-0.39, 0.29) is 18.2 Å². The van der Waals surface area contributed by atoms with Gasteiger partial charge in [-0.25, -0.2) is 0 Å². The Labute approximate surface area is 96.0 Å². The number of halogens is 1. The molecule has 14 heavy (non-hydrogen) atoms. The Balaban J connectivity index is 3.02. The van der Waals surface area contributed by atoms with Crippen molar-refractivity contribution in [3.63, 3.8) is 0 Å². The van der Waals surface area contributed by atoms with Gasteiger partial charge < -0.3 is 15.6 Å². The van der Waals surface area contributed by atoms with E-state index in [9.17, 15) is 0 Å². The molecule has 0 spiro atoms. The van der Waals surface area contributed by atoms with Gasteiger partial charge in [-0.1, -0.05) is 18.3 Å². The molecule has 0 aromatic heterocycles. The van der Waals surface area contributed by atoms with Crippen LogP contribution >= 0.6 is 28.1 Å². The van der Waals surface area contributed by atoms with E-state index in [0.717, 1.165) is 4.47 Å². The third-order valence-corrected chi connectivity index (χ3v) is 2.44. The average molecular weight is 276 g/mol. The molecule has 3 N–H and O–H groups in total. The summed E-state index contributed by atoms with van der Waals surface area (Å²) >= 11 is 8.22. The number of benzene rings is 1. The maximum absolute atomic E-state index is 8.63. The number of ether oxygens (including phenoxy) is 1. The first-order valence-corrected chi connectivity index (χ1v) is 5.19. The Morgan fingerprint density at radius 1 is 1.57 bits per heavy atom. The van der Waals surface area contributed by atoms with E-state index in [1.54, 1.807) is 6.07 Å². The lowest BCUT2D eigenvalue weighted by molar-refractivity contribution is 0.201. The molecule has 0 aliphatic heterocycles. The SMILES string of the molecule is NC(=S)c1c(Br)cccc1OCCO. The third-order valence-electron chi connectivity index (χ3n) is 1.57. The van der Waals surface area contributed by atoms with Crippen LogP contribution in [-0.4, -0.2) is 23.3 Å². The van der Waals surface area contributed by atoms with E-state index in [4.69, 9.17) is 27.8 Å². The van der Waals surface area contributed by atoms with Gasteiger partial charge in [0, 0.05) is 4.47 Å². The largest absolute Gasteiger partial charge is 0.490 e. The summed E-state index contributed by atoms with van der Waals surface area (Å²) in [5.74, 6) is 0.584. The second-order valence-electron chi connectivity index (χ2n) is 2.55. The molecule has 0 saturated heterocycles. The lowest BCUT2D eigenvalue weighted by atomic mass is 10.2. The maximum atomic E-state index is 8.63. The van der Waals surface area contributed by atoms with Gasteiger partial charge in [0.2, 0.25) is 0 Å². The Morgan fingerprint density at radius 2 is 2.29 bits per heavy atom. The second kappa shape index (κ2) is 5.29. The van der Waals surface area contributed by atoms with Gasteiger partial charge in [-0.3, -0.25) is 0 Å². The fraction of sp³-hybridized carbons (Fsp3) is 0.222. The summed E-state index contributed by atoms with van der Waals surface area (Å²) in [6.07, 6.45) is 0. The highest BCUT2D eigenvalue weighted by Crippen LogP contribution is 2.26. The Kier molecular flexibility index (Phi) is 4.31. The van der Waals surface area contributed by atoms with Crippen LogP contribution in [0.25, 0.3) is 0 Å². The van der Waals surface area contributed by atoms with Gasteiger partial charge in [-0.2, -0.15) is 0 Å². The van der Waals surface area contributed by atoms with E-state index >= 15 is 0 Å². The molecule has 0 heterocycles. The van der Waals surface area contributed by atoms with Crippen LogP contribution in [0.4, 0.5) is 0 Å². The Hall–Kier alpha value is -0.650. The Morgan fingerprint density at radius 3 is 2.86 bits per heavy atom. The van der Waals surface area contributed by atoms with Crippen LogP contribution in [0.2, 0.25) is 0 Å². The highest BCUT2D eigenvalue weighted by molar-refractivity contribution is 9.10. The molecule has 3 nitrogen and oxygen atoms in total. The van der Waals surface area contributed by atoms with Crippen molar-refractivity contribution in [1.82, 2.24) is 0 Å². The molecule has 0 aliphatic carbocycles. The number of hydrogen-bond acceptors (Lipinski definition) is 3. The summed E-state index contributed by atoms with van der Waals surface area (Å²) in [7, 11) is 0. The van der Waals surface area contributed by atoms with Crippen LogP contribution in [0.15, 0.2) is 22.7 Å². The van der Waals surface area contributed by atoms with E-state index in [0.29, 0.717) is 11.3 Å². The molecule has 0 unspecified atom stereocenters. The summed E-state index contributed by atoms with van der Waals surface area (Å²) in [5.41, 5.74) is 6.21. The molecule has 0 saturated carbocycles. The molecule has 0 amide bonds. The fourth-order valence-electron chi connectivity index (χ4n) is 1.02. The van der Waals surface area contributed by atoms with Crippen molar-refractivity contribution >= 4 is 33.1 Å². The molecule has 0 radical (unpaired) electrons. The zero-order valence-electron chi connectivity index (χ0n) is 7.37. The predicted molar refractivity (Wildman–Crippen MR) is 62.6 cm³/mol. The van der Waals surface area contributed by atoms with Gasteiger partial charge in [0.25, 0.3) is 0 Å². The maximum Gasteiger partial charge on any atom is 0.130 e. The van der Waals surface area contributed by atoms with Crippen molar-refractivity contribution in [1.29, 1.82) is 0 Å². The van der Waals surface area contributed by atoms with Crippen molar-refractivity contribution in [2.24, 2.45) is 5.73 Å². The van der Waals surface area contributed by atoms with Crippen molar-refractivity contribution < 1.29 is 9.84 Å².